The number of nitrogens with two attached hydrogens (primary N) is 1. The first-order valence-corrected chi connectivity index (χ1v) is 7.91. The molecule has 1 aromatic carbocycles. The number of benzene rings is 1. The zero-order valence-electron chi connectivity index (χ0n) is 12.4. The van der Waals surface area contributed by atoms with Crippen LogP contribution in [0.2, 0.25) is 0 Å². The molecule has 0 spiro atoms. The third-order valence-electron chi connectivity index (χ3n) is 3.51. The molecule has 21 heavy (non-hydrogen) atoms. The Morgan fingerprint density at radius 2 is 2.29 bits per heavy atom. The lowest BCUT2D eigenvalue weighted by Crippen LogP contribution is -2.45. The van der Waals surface area contributed by atoms with Crippen LogP contribution in [0.5, 0.6) is 11.5 Å². The number of carbonyl (C=O) groups is 1. The summed E-state index contributed by atoms with van der Waals surface area (Å²) in [5.74, 6) is 1.15. The normalized spacial score (nSPS) is 18.5. The maximum Gasteiger partial charge on any atom is 0.254 e. The highest BCUT2D eigenvalue weighted by Gasteiger charge is 2.24. The van der Waals surface area contributed by atoms with Gasteiger partial charge in [-0.1, -0.05) is 0 Å². The molecule has 1 atom stereocenters. The van der Waals surface area contributed by atoms with Crippen LogP contribution in [-0.2, 0) is 0 Å². The van der Waals surface area contributed by atoms with Crippen LogP contribution in [-0.4, -0.2) is 43.7 Å². The van der Waals surface area contributed by atoms with Crippen molar-refractivity contribution in [3.63, 3.8) is 0 Å². The molecule has 5 nitrogen and oxygen atoms in total. The van der Waals surface area contributed by atoms with E-state index in [1.165, 1.54) is 0 Å². The summed E-state index contributed by atoms with van der Waals surface area (Å²) in [5.41, 5.74) is 6.52. The lowest BCUT2D eigenvalue weighted by atomic mass is 10.1. The van der Waals surface area contributed by atoms with Crippen molar-refractivity contribution in [2.24, 2.45) is 5.73 Å². The number of ether oxygens (including phenoxy) is 2. The van der Waals surface area contributed by atoms with Crippen LogP contribution in [0, 0.1) is 0 Å². The molecule has 1 heterocycles. The van der Waals surface area contributed by atoms with Gasteiger partial charge in [0.25, 0.3) is 5.91 Å². The standard InChI is InChI=1S/C15H21BrN2O3/c1-3-21-14-12(16)7-10(8-13(14)20-2)15(19)18-6-4-5-11(17)9-18/h7-8,11H,3-6,9,17H2,1-2H3/t11-/m1/s1. The molecule has 0 aromatic heterocycles. The monoisotopic (exact) mass is 356 g/mol. The Balaban J connectivity index is 2.27. The number of likely N-dealkylation sites (tertiary alicyclic amines) is 1. The minimum Gasteiger partial charge on any atom is -0.493 e. The predicted octanol–water partition coefficient (Wildman–Crippen LogP) is 2.42. The molecule has 1 amide bonds. The van der Waals surface area contributed by atoms with Gasteiger partial charge in [0.05, 0.1) is 18.2 Å². The minimum absolute atomic E-state index is 0.0211. The van der Waals surface area contributed by atoms with E-state index in [-0.39, 0.29) is 11.9 Å². The molecule has 1 aliphatic heterocycles. The SMILES string of the molecule is CCOc1c(Br)cc(C(=O)N2CCC[C@@H](N)C2)cc1OC. The first-order chi connectivity index (χ1) is 10.1. The topological polar surface area (TPSA) is 64.8 Å². The molecular weight excluding hydrogens is 336 g/mol. The van der Waals surface area contributed by atoms with Gasteiger partial charge in [-0.3, -0.25) is 4.79 Å². The second-order valence-corrected chi connectivity index (χ2v) is 5.93. The predicted molar refractivity (Wildman–Crippen MR) is 85.0 cm³/mol. The molecule has 0 bridgehead atoms. The van der Waals surface area contributed by atoms with Crippen LogP contribution in [0.4, 0.5) is 0 Å². The Kier molecular flexibility index (Phi) is 5.47. The van der Waals surface area contributed by atoms with E-state index in [0.29, 0.717) is 34.7 Å². The van der Waals surface area contributed by atoms with Gasteiger partial charge in [0.2, 0.25) is 0 Å². The highest BCUT2D eigenvalue weighted by Crippen LogP contribution is 2.37. The van der Waals surface area contributed by atoms with Crippen LogP contribution >= 0.6 is 15.9 Å². The van der Waals surface area contributed by atoms with Crippen LogP contribution < -0.4 is 15.2 Å². The van der Waals surface area contributed by atoms with E-state index in [4.69, 9.17) is 15.2 Å². The highest BCUT2D eigenvalue weighted by molar-refractivity contribution is 9.10. The summed E-state index contributed by atoms with van der Waals surface area (Å²) in [5, 5.41) is 0. The van der Waals surface area contributed by atoms with Crippen molar-refractivity contribution in [2.45, 2.75) is 25.8 Å². The summed E-state index contributed by atoms with van der Waals surface area (Å²) in [6.07, 6.45) is 1.92. The van der Waals surface area contributed by atoms with E-state index < -0.39 is 0 Å². The minimum atomic E-state index is -0.0211. The van der Waals surface area contributed by atoms with E-state index in [2.05, 4.69) is 15.9 Å². The summed E-state index contributed by atoms with van der Waals surface area (Å²) in [7, 11) is 1.56. The third-order valence-corrected chi connectivity index (χ3v) is 4.10. The van der Waals surface area contributed by atoms with E-state index in [0.717, 1.165) is 19.4 Å². The summed E-state index contributed by atoms with van der Waals surface area (Å²) < 4.78 is 11.6. The van der Waals surface area contributed by atoms with Crippen LogP contribution in [0.3, 0.4) is 0 Å². The quantitative estimate of drug-likeness (QED) is 0.899. The van der Waals surface area contributed by atoms with Gasteiger partial charge in [-0.25, -0.2) is 0 Å². The van der Waals surface area contributed by atoms with Gasteiger partial charge in [-0.05, 0) is 47.8 Å². The number of amides is 1. The molecule has 116 valence electrons. The lowest BCUT2D eigenvalue weighted by molar-refractivity contribution is 0.0708. The molecule has 0 radical (unpaired) electrons. The van der Waals surface area contributed by atoms with Gasteiger partial charge in [-0.15, -0.1) is 0 Å². The van der Waals surface area contributed by atoms with Crippen molar-refractivity contribution < 1.29 is 14.3 Å². The maximum atomic E-state index is 12.6. The number of piperidine rings is 1. The molecule has 6 heteroatoms. The zero-order valence-corrected chi connectivity index (χ0v) is 14.0. The smallest absolute Gasteiger partial charge is 0.254 e. The number of halogens is 1. The Labute approximate surface area is 133 Å². The first-order valence-electron chi connectivity index (χ1n) is 7.12. The zero-order chi connectivity index (χ0) is 15.4. The summed E-state index contributed by atoms with van der Waals surface area (Å²) in [4.78, 5) is 14.4. The van der Waals surface area contributed by atoms with E-state index in [9.17, 15) is 4.79 Å². The molecule has 2 rings (SSSR count). The number of hydrogen-bond acceptors (Lipinski definition) is 4. The molecule has 2 N–H and O–H groups in total. The van der Waals surface area contributed by atoms with Gasteiger partial charge in [-0.2, -0.15) is 0 Å². The van der Waals surface area contributed by atoms with Gasteiger partial charge in [0.15, 0.2) is 11.5 Å². The van der Waals surface area contributed by atoms with Gasteiger partial charge in [0.1, 0.15) is 0 Å². The molecule has 0 unspecified atom stereocenters. The number of nitrogens with zero attached hydrogens (tertiary/aromatic N) is 1. The first kappa shape index (κ1) is 16.1. The number of carbonyl (C=O) groups excluding carboxylic acids is 1. The molecule has 1 fully saturated rings. The molecule has 0 saturated carbocycles. The fourth-order valence-corrected chi connectivity index (χ4v) is 3.06. The molecule has 1 aliphatic rings. The van der Waals surface area contributed by atoms with Crippen LogP contribution in [0.1, 0.15) is 30.1 Å². The van der Waals surface area contributed by atoms with Crippen molar-refractivity contribution in [1.82, 2.24) is 4.90 Å². The number of rotatable bonds is 4. The van der Waals surface area contributed by atoms with Crippen molar-refractivity contribution in [3.8, 4) is 11.5 Å². The second-order valence-electron chi connectivity index (χ2n) is 5.08. The Morgan fingerprint density at radius 3 is 2.90 bits per heavy atom. The largest absolute Gasteiger partial charge is 0.493 e. The summed E-state index contributed by atoms with van der Waals surface area (Å²) >= 11 is 3.44. The third kappa shape index (κ3) is 3.68. The van der Waals surface area contributed by atoms with Crippen molar-refractivity contribution >= 4 is 21.8 Å². The van der Waals surface area contributed by atoms with Gasteiger partial charge < -0.3 is 20.1 Å². The van der Waals surface area contributed by atoms with Crippen molar-refractivity contribution in [3.05, 3.63) is 22.2 Å². The van der Waals surface area contributed by atoms with Crippen LogP contribution in [0.25, 0.3) is 0 Å². The molecule has 1 aromatic rings. The van der Waals surface area contributed by atoms with E-state index >= 15 is 0 Å². The van der Waals surface area contributed by atoms with Crippen molar-refractivity contribution in [2.75, 3.05) is 26.8 Å². The fraction of sp³-hybridized carbons (Fsp3) is 0.533. The summed E-state index contributed by atoms with van der Waals surface area (Å²) in [6.45, 7) is 3.79. The van der Waals surface area contributed by atoms with Crippen LogP contribution in [0.15, 0.2) is 16.6 Å². The fourth-order valence-electron chi connectivity index (χ4n) is 2.50. The average Bonchev–Trinajstić information content (AvgIpc) is 2.48. The molecule has 1 saturated heterocycles. The van der Waals surface area contributed by atoms with Crippen molar-refractivity contribution in [1.29, 1.82) is 0 Å². The van der Waals surface area contributed by atoms with Gasteiger partial charge in [0, 0.05) is 24.7 Å². The maximum absolute atomic E-state index is 12.6. The number of methoxy groups -OCH3 is 1. The second kappa shape index (κ2) is 7.13. The molecule has 0 aliphatic carbocycles. The highest BCUT2D eigenvalue weighted by atomic mass is 79.9. The average molecular weight is 357 g/mol. The Hall–Kier alpha value is -1.27. The van der Waals surface area contributed by atoms with Gasteiger partial charge >= 0.3 is 0 Å². The lowest BCUT2D eigenvalue weighted by Gasteiger charge is -2.31. The molecular formula is C15H21BrN2O3. The number of hydrogen-bond donors (Lipinski definition) is 1. The Bertz CT molecular complexity index is 522. The van der Waals surface area contributed by atoms with E-state index in [1.807, 2.05) is 6.92 Å². The Morgan fingerprint density at radius 1 is 1.52 bits per heavy atom. The van der Waals surface area contributed by atoms with E-state index in [1.54, 1.807) is 24.1 Å². The summed E-state index contributed by atoms with van der Waals surface area (Å²) in [6, 6.07) is 3.56.